The molecule has 1 amide bonds. The maximum atomic E-state index is 12.5. The van der Waals surface area contributed by atoms with E-state index in [1.54, 1.807) is 36.4 Å². The Morgan fingerprint density at radius 1 is 1.25 bits per heavy atom. The van der Waals surface area contributed by atoms with Crippen molar-refractivity contribution < 1.29 is 19.4 Å². The Bertz CT molecular complexity index is 803. The molecule has 5 nitrogen and oxygen atoms in total. The van der Waals surface area contributed by atoms with Crippen LogP contribution in [0.5, 0.6) is 5.75 Å². The molecule has 0 fully saturated rings. The van der Waals surface area contributed by atoms with Crippen molar-refractivity contribution in [2.45, 2.75) is 18.9 Å². The first kappa shape index (κ1) is 16.5. The van der Waals surface area contributed by atoms with Crippen LogP contribution in [0.15, 0.2) is 42.5 Å². The number of benzene rings is 2. The van der Waals surface area contributed by atoms with E-state index in [2.05, 4.69) is 5.32 Å². The average molecular weight is 346 g/mol. The van der Waals surface area contributed by atoms with Crippen molar-refractivity contribution in [3.63, 3.8) is 0 Å². The van der Waals surface area contributed by atoms with E-state index in [0.29, 0.717) is 34.2 Å². The van der Waals surface area contributed by atoms with Gasteiger partial charge in [0.2, 0.25) is 0 Å². The average Bonchev–Trinajstić information content (AvgIpc) is 2.79. The van der Waals surface area contributed by atoms with Crippen molar-refractivity contribution in [1.82, 2.24) is 0 Å². The van der Waals surface area contributed by atoms with E-state index in [1.807, 2.05) is 6.92 Å². The summed E-state index contributed by atoms with van der Waals surface area (Å²) >= 11 is 5.95. The van der Waals surface area contributed by atoms with Crippen molar-refractivity contribution in [1.29, 1.82) is 0 Å². The molecule has 0 aromatic heterocycles. The maximum absolute atomic E-state index is 12.5. The summed E-state index contributed by atoms with van der Waals surface area (Å²) in [6.45, 7) is 2.40. The molecule has 6 heteroatoms. The summed E-state index contributed by atoms with van der Waals surface area (Å²) in [5, 5.41) is 13.8. The largest absolute Gasteiger partial charge is 0.494 e. The number of hydrogen-bond donors (Lipinski definition) is 2. The molecule has 1 aliphatic rings. The normalized spacial score (nSPS) is 18.9. The molecule has 2 aromatic rings. The Labute approximate surface area is 144 Å². The molecular formula is C18H16ClNO4. The molecule has 1 heterocycles. The third-order valence-corrected chi connectivity index (χ3v) is 4.19. The second kappa shape index (κ2) is 6.26. The Morgan fingerprint density at radius 3 is 2.62 bits per heavy atom. The van der Waals surface area contributed by atoms with Crippen LogP contribution in [0.25, 0.3) is 0 Å². The fourth-order valence-corrected chi connectivity index (χ4v) is 2.90. The number of anilines is 1. The van der Waals surface area contributed by atoms with Crippen LogP contribution in [0, 0.1) is 0 Å². The van der Waals surface area contributed by atoms with Gasteiger partial charge in [0.25, 0.3) is 5.91 Å². The number of amides is 1. The van der Waals surface area contributed by atoms with E-state index in [1.165, 1.54) is 6.07 Å². The van der Waals surface area contributed by atoms with E-state index in [9.17, 15) is 14.7 Å². The number of halogens is 1. The van der Waals surface area contributed by atoms with Crippen molar-refractivity contribution in [2.75, 3.05) is 11.9 Å². The molecule has 124 valence electrons. The SMILES string of the molecule is CCOc1ccc(C(=O)C[C@]2(O)C(=O)Nc3ccc(Cl)cc32)cc1. The first-order valence-electron chi connectivity index (χ1n) is 7.54. The second-order valence-corrected chi connectivity index (χ2v) is 6.00. The highest BCUT2D eigenvalue weighted by Crippen LogP contribution is 2.40. The summed E-state index contributed by atoms with van der Waals surface area (Å²) in [7, 11) is 0. The summed E-state index contributed by atoms with van der Waals surface area (Å²) in [5.74, 6) is -0.314. The zero-order valence-corrected chi connectivity index (χ0v) is 13.8. The third-order valence-electron chi connectivity index (χ3n) is 3.95. The zero-order valence-electron chi connectivity index (χ0n) is 13.0. The molecule has 2 N–H and O–H groups in total. The van der Waals surface area contributed by atoms with Gasteiger partial charge in [-0.3, -0.25) is 9.59 Å². The fourth-order valence-electron chi connectivity index (χ4n) is 2.73. The molecule has 0 aliphatic carbocycles. The summed E-state index contributed by atoms with van der Waals surface area (Å²) in [5.41, 5.74) is -0.739. The Hall–Kier alpha value is -2.37. The number of rotatable bonds is 5. The predicted molar refractivity (Wildman–Crippen MR) is 90.5 cm³/mol. The zero-order chi connectivity index (χ0) is 17.3. The first-order chi connectivity index (χ1) is 11.4. The minimum absolute atomic E-state index is 0.319. The standard InChI is InChI=1S/C18H16ClNO4/c1-2-24-13-6-3-11(4-7-13)16(21)10-18(23)14-9-12(19)5-8-15(14)20-17(18)22/h3-9,23H,2,10H2,1H3,(H,20,22)/t18-/m1/s1. The molecule has 3 rings (SSSR count). The van der Waals surface area contributed by atoms with E-state index in [-0.39, 0.29) is 12.2 Å². The highest BCUT2D eigenvalue weighted by Gasteiger charge is 2.46. The molecule has 0 radical (unpaired) electrons. The van der Waals surface area contributed by atoms with Crippen LogP contribution in [0.4, 0.5) is 5.69 Å². The number of aliphatic hydroxyl groups is 1. The van der Waals surface area contributed by atoms with Gasteiger partial charge in [-0.25, -0.2) is 0 Å². The van der Waals surface area contributed by atoms with E-state index in [4.69, 9.17) is 16.3 Å². The molecule has 0 bridgehead atoms. The Balaban J connectivity index is 1.86. The van der Waals surface area contributed by atoms with Crippen molar-refractivity contribution in [3.8, 4) is 5.75 Å². The summed E-state index contributed by atoms with van der Waals surface area (Å²) in [4.78, 5) is 24.7. The van der Waals surface area contributed by atoms with Gasteiger partial charge in [0.05, 0.1) is 13.0 Å². The molecule has 1 aliphatic heterocycles. The van der Waals surface area contributed by atoms with Gasteiger partial charge >= 0.3 is 0 Å². The lowest BCUT2D eigenvalue weighted by molar-refractivity contribution is -0.133. The summed E-state index contributed by atoms with van der Waals surface area (Å²) in [6.07, 6.45) is -0.361. The third kappa shape index (κ3) is 2.88. The monoisotopic (exact) mass is 345 g/mol. The number of fused-ring (bicyclic) bond motifs is 1. The van der Waals surface area contributed by atoms with Gasteiger partial charge in [-0.2, -0.15) is 0 Å². The van der Waals surface area contributed by atoms with Crippen LogP contribution >= 0.6 is 11.6 Å². The van der Waals surface area contributed by atoms with Gasteiger partial charge in [-0.05, 0) is 49.4 Å². The lowest BCUT2D eigenvalue weighted by atomic mass is 9.88. The minimum Gasteiger partial charge on any atom is -0.494 e. The number of hydrogen-bond acceptors (Lipinski definition) is 4. The van der Waals surface area contributed by atoms with E-state index < -0.39 is 11.5 Å². The maximum Gasteiger partial charge on any atom is 0.261 e. The highest BCUT2D eigenvalue weighted by atomic mass is 35.5. The van der Waals surface area contributed by atoms with Crippen molar-refractivity contribution in [2.24, 2.45) is 0 Å². The molecule has 0 saturated heterocycles. The minimum atomic E-state index is -1.92. The second-order valence-electron chi connectivity index (χ2n) is 5.56. The molecule has 0 saturated carbocycles. The van der Waals surface area contributed by atoms with Gasteiger partial charge in [0.1, 0.15) is 5.75 Å². The Morgan fingerprint density at radius 2 is 1.96 bits per heavy atom. The first-order valence-corrected chi connectivity index (χ1v) is 7.92. The summed E-state index contributed by atoms with van der Waals surface area (Å²) in [6, 6.07) is 11.3. The van der Waals surface area contributed by atoms with Crippen LogP contribution in [-0.4, -0.2) is 23.4 Å². The van der Waals surface area contributed by atoms with Gasteiger partial charge in [0, 0.05) is 21.8 Å². The van der Waals surface area contributed by atoms with Gasteiger partial charge in [0.15, 0.2) is 11.4 Å². The smallest absolute Gasteiger partial charge is 0.261 e. The lowest BCUT2D eigenvalue weighted by Gasteiger charge is -2.20. The number of carbonyl (C=O) groups is 2. The number of carbonyl (C=O) groups excluding carboxylic acids is 2. The van der Waals surface area contributed by atoms with Crippen LogP contribution < -0.4 is 10.1 Å². The van der Waals surface area contributed by atoms with E-state index in [0.717, 1.165) is 0 Å². The molecule has 0 unspecified atom stereocenters. The van der Waals surface area contributed by atoms with Crippen LogP contribution in [0.2, 0.25) is 5.02 Å². The van der Waals surface area contributed by atoms with Crippen molar-refractivity contribution >= 4 is 29.0 Å². The quantitative estimate of drug-likeness (QED) is 0.816. The van der Waals surface area contributed by atoms with E-state index >= 15 is 0 Å². The molecule has 2 aromatic carbocycles. The number of ketones is 1. The van der Waals surface area contributed by atoms with Gasteiger partial charge in [-0.1, -0.05) is 11.6 Å². The van der Waals surface area contributed by atoms with Crippen LogP contribution in [0.1, 0.15) is 29.3 Å². The highest BCUT2D eigenvalue weighted by molar-refractivity contribution is 6.31. The number of Topliss-reactive ketones (excluding diaryl/α,β-unsaturated/α-hetero) is 1. The molecular weight excluding hydrogens is 330 g/mol. The van der Waals surface area contributed by atoms with Crippen LogP contribution in [-0.2, 0) is 10.4 Å². The number of nitrogens with one attached hydrogen (secondary N) is 1. The Kier molecular flexibility index (Phi) is 4.30. The lowest BCUT2D eigenvalue weighted by Crippen LogP contribution is -2.36. The molecule has 0 spiro atoms. The number of ether oxygens (including phenoxy) is 1. The molecule has 24 heavy (non-hydrogen) atoms. The molecule has 1 atom stereocenters. The van der Waals surface area contributed by atoms with Gasteiger partial charge < -0.3 is 15.2 Å². The van der Waals surface area contributed by atoms with Crippen LogP contribution in [0.3, 0.4) is 0 Å². The fraction of sp³-hybridized carbons (Fsp3) is 0.222. The predicted octanol–water partition coefficient (Wildman–Crippen LogP) is 3.15. The van der Waals surface area contributed by atoms with Gasteiger partial charge in [-0.15, -0.1) is 0 Å². The summed E-state index contributed by atoms with van der Waals surface area (Å²) < 4.78 is 5.33. The topological polar surface area (TPSA) is 75.6 Å². The van der Waals surface area contributed by atoms with Crippen molar-refractivity contribution in [3.05, 3.63) is 58.6 Å².